The molecule has 2 aromatic rings. The highest BCUT2D eigenvalue weighted by atomic mass is 32.2. The molecule has 1 N–H and O–H groups in total. The number of phenols is 1. The third kappa shape index (κ3) is 2.13. The van der Waals surface area contributed by atoms with Crippen molar-refractivity contribution in [3.8, 4) is 5.75 Å². The van der Waals surface area contributed by atoms with Crippen LogP contribution >= 0.6 is 11.3 Å². The molecule has 0 spiro atoms. The van der Waals surface area contributed by atoms with E-state index in [9.17, 15) is 13.5 Å². The summed E-state index contributed by atoms with van der Waals surface area (Å²) < 4.78 is 23.1. The van der Waals surface area contributed by atoms with Gasteiger partial charge in [-0.2, -0.15) is 0 Å². The number of sulfone groups is 1. The van der Waals surface area contributed by atoms with Gasteiger partial charge in [0.1, 0.15) is 5.75 Å². The van der Waals surface area contributed by atoms with Gasteiger partial charge < -0.3 is 5.11 Å². The molecule has 0 unspecified atom stereocenters. The first-order valence-electron chi connectivity index (χ1n) is 4.33. The van der Waals surface area contributed by atoms with E-state index in [1.807, 2.05) is 6.07 Å². The quantitative estimate of drug-likeness (QED) is 0.878. The third-order valence-corrected chi connectivity index (χ3v) is 3.98. The molecule has 0 radical (unpaired) electrons. The number of aromatic hydroxyl groups is 1. The average Bonchev–Trinajstić information content (AvgIpc) is 2.48. The summed E-state index contributed by atoms with van der Waals surface area (Å²) >= 11 is 1.37. The molecule has 0 aliphatic heterocycles. The zero-order valence-electron chi connectivity index (χ0n) is 8.10. The molecule has 2 rings (SSSR count). The van der Waals surface area contributed by atoms with E-state index in [0.29, 0.717) is 0 Å². The van der Waals surface area contributed by atoms with Crippen LogP contribution in [-0.4, -0.2) is 19.8 Å². The Morgan fingerprint density at radius 2 is 2.13 bits per heavy atom. The number of rotatable bonds is 2. The van der Waals surface area contributed by atoms with Crippen LogP contribution in [0.25, 0.3) is 10.1 Å². The first-order valence-corrected chi connectivity index (χ1v) is 7.27. The van der Waals surface area contributed by atoms with E-state index in [4.69, 9.17) is 0 Å². The van der Waals surface area contributed by atoms with Crippen molar-refractivity contribution in [2.45, 2.75) is 5.75 Å². The fourth-order valence-corrected chi connectivity index (χ4v) is 3.38. The van der Waals surface area contributed by atoms with Crippen LogP contribution in [0.3, 0.4) is 0 Å². The average molecular weight is 242 g/mol. The van der Waals surface area contributed by atoms with Crippen LogP contribution in [0.2, 0.25) is 0 Å². The van der Waals surface area contributed by atoms with Crippen molar-refractivity contribution in [2.75, 3.05) is 6.26 Å². The molecule has 15 heavy (non-hydrogen) atoms. The molecule has 0 aliphatic rings. The molecule has 1 aromatic carbocycles. The van der Waals surface area contributed by atoms with Gasteiger partial charge in [-0.25, -0.2) is 8.42 Å². The van der Waals surface area contributed by atoms with Gasteiger partial charge in [0.25, 0.3) is 0 Å². The Bertz CT molecular complexity index is 596. The minimum atomic E-state index is -3.03. The van der Waals surface area contributed by atoms with Gasteiger partial charge in [-0.05, 0) is 17.0 Å². The molecule has 1 heterocycles. The van der Waals surface area contributed by atoms with E-state index in [1.54, 1.807) is 17.5 Å². The summed E-state index contributed by atoms with van der Waals surface area (Å²) in [6, 6.07) is 5.14. The summed E-state index contributed by atoms with van der Waals surface area (Å²) in [6.07, 6.45) is 1.21. The number of phenolic OH excluding ortho intramolecular Hbond substituents is 1. The van der Waals surface area contributed by atoms with Gasteiger partial charge in [-0.1, -0.05) is 12.1 Å². The zero-order chi connectivity index (χ0) is 11.1. The van der Waals surface area contributed by atoms with Crippen molar-refractivity contribution >= 4 is 31.3 Å². The predicted molar refractivity (Wildman–Crippen MR) is 62.0 cm³/mol. The number of thiophene rings is 1. The molecule has 0 fully saturated rings. The highest BCUT2D eigenvalue weighted by Crippen LogP contribution is 2.33. The molecule has 80 valence electrons. The zero-order valence-corrected chi connectivity index (χ0v) is 9.73. The molecule has 0 aliphatic carbocycles. The maximum atomic E-state index is 11.2. The van der Waals surface area contributed by atoms with Gasteiger partial charge in [-0.15, -0.1) is 11.3 Å². The fourth-order valence-electron chi connectivity index (χ4n) is 1.49. The highest BCUT2D eigenvalue weighted by Gasteiger charge is 2.11. The van der Waals surface area contributed by atoms with Crippen LogP contribution in [0.1, 0.15) is 5.56 Å². The van der Waals surface area contributed by atoms with Gasteiger partial charge in [0.15, 0.2) is 9.84 Å². The summed E-state index contributed by atoms with van der Waals surface area (Å²) in [6.45, 7) is 0. The molecule has 0 atom stereocenters. The molecule has 0 saturated carbocycles. The number of hydrogen-bond acceptors (Lipinski definition) is 4. The first kappa shape index (κ1) is 10.4. The Morgan fingerprint density at radius 3 is 2.80 bits per heavy atom. The Kier molecular flexibility index (Phi) is 2.44. The van der Waals surface area contributed by atoms with Crippen LogP contribution < -0.4 is 0 Å². The summed E-state index contributed by atoms with van der Waals surface area (Å²) in [7, 11) is -3.03. The number of benzene rings is 1. The lowest BCUT2D eigenvalue weighted by Gasteiger charge is -1.98. The second-order valence-corrected chi connectivity index (χ2v) is 6.50. The monoisotopic (exact) mass is 242 g/mol. The van der Waals surface area contributed by atoms with Gasteiger partial charge in [0.05, 0.1) is 10.5 Å². The van der Waals surface area contributed by atoms with Crippen LogP contribution in [0.4, 0.5) is 0 Å². The Hall–Kier alpha value is -1.07. The normalized spacial score (nSPS) is 12.1. The van der Waals surface area contributed by atoms with Gasteiger partial charge in [0.2, 0.25) is 0 Å². The molecule has 0 saturated heterocycles. The third-order valence-electron chi connectivity index (χ3n) is 2.08. The van der Waals surface area contributed by atoms with Crippen LogP contribution in [-0.2, 0) is 15.6 Å². The van der Waals surface area contributed by atoms with Gasteiger partial charge in [0, 0.05) is 11.6 Å². The minimum absolute atomic E-state index is 0.0243. The standard InChI is InChI=1S/C10H10O3S2/c1-15(12,13)6-7-5-14-10-8(7)3-2-4-9(10)11/h2-5,11H,6H2,1H3. The van der Waals surface area contributed by atoms with Crippen molar-refractivity contribution in [1.29, 1.82) is 0 Å². The lowest BCUT2D eigenvalue weighted by molar-refractivity contribution is 0.482. The van der Waals surface area contributed by atoms with Gasteiger partial charge >= 0.3 is 0 Å². The fraction of sp³-hybridized carbons (Fsp3) is 0.200. The van der Waals surface area contributed by atoms with Crippen molar-refractivity contribution in [2.24, 2.45) is 0 Å². The summed E-state index contributed by atoms with van der Waals surface area (Å²) in [5.41, 5.74) is 0.758. The van der Waals surface area contributed by atoms with Crippen LogP contribution in [0.5, 0.6) is 5.75 Å². The molecule has 3 nitrogen and oxygen atoms in total. The topological polar surface area (TPSA) is 54.4 Å². The van der Waals surface area contributed by atoms with E-state index in [2.05, 4.69) is 0 Å². The van der Waals surface area contributed by atoms with Crippen LogP contribution in [0, 0.1) is 0 Å². The van der Waals surface area contributed by atoms with Crippen molar-refractivity contribution in [3.63, 3.8) is 0 Å². The number of hydrogen-bond donors (Lipinski definition) is 1. The van der Waals surface area contributed by atoms with E-state index >= 15 is 0 Å². The maximum absolute atomic E-state index is 11.2. The second kappa shape index (κ2) is 3.50. The van der Waals surface area contributed by atoms with Crippen LogP contribution in [0.15, 0.2) is 23.6 Å². The van der Waals surface area contributed by atoms with Crippen molar-refractivity contribution in [1.82, 2.24) is 0 Å². The summed E-state index contributed by atoms with van der Waals surface area (Å²) in [4.78, 5) is 0. The second-order valence-electron chi connectivity index (χ2n) is 3.48. The first-order chi connectivity index (χ1) is 6.97. The molecule has 0 bridgehead atoms. The van der Waals surface area contributed by atoms with E-state index < -0.39 is 9.84 Å². The molecular formula is C10H10O3S2. The molecular weight excluding hydrogens is 232 g/mol. The molecule has 5 heteroatoms. The largest absolute Gasteiger partial charge is 0.506 e. The Balaban J connectivity index is 2.60. The summed E-state index contributed by atoms with van der Waals surface area (Å²) in [5.74, 6) is 0.230. The maximum Gasteiger partial charge on any atom is 0.151 e. The number of fused-ring (bicyclic) bond motifs is 1. The van der Waals surface area contributed by atoms with E-state index in [0.717, 1.165) is 15.6 Å². The molecule has 0 amide bonds. The smallest absolute Gasteiger partial charge is 0.151 e. The van der Waals surface area contributed by atoms with Crippen molar-refractivity contribution < 1.29 is 13.5 Å². The predicted octanol–water partition coefficient (Wildman–Crippen LogP) is 2.15. The lowest BCUT2D eigenvalue weighted by Crippen LogP contribution is -1.99. The minimum Gasteiger partial charge on any atom is -0.506 e. The summed E-state index contributed by atoms with van der Waals surface area (Å²) in [5, 5.41) is 12.2. The van der Waals surface area contributed by atoms with Crippen molar-refractivity contribution in [3.05, 3.63) is 29.1 Å². The SMILES string of the molecule is CS(=O)(=O)Cc1csc2c(O)cccc12. The Morgan fingerprint density at radius 1 is 1.40 bits per heavy atom. The molecule has 1 aromatic heterocycles. The lowest BCUT2D eigenvalue weighted by atomic mass is 10.2. The Labute approximate surface area is 91.9 Å². The van der Waals surface area contributed by atoms with Gasteiger partial charge in [-0.3, -0.25) is 0 Å². The highest BCUT2D eigenvalue weighted by molar-refractivity contribution is 7.89. The van der Waals surface area contributed by atoms with E-state index in [-0.39, 0.29) is 11.5 Å². The van der Waals surface area contributed by atoms with E-state index in [1.165, 1.54) is 17.6 Å².